The van der Waals surface area contributed by atoms with Gasteiger partial charge >= 0.3 is 0 Å². The number of aromatic nitrogens is 2. The zero-order valence-electron chi connectivity index (χ0n) is 26.2. The molecule has 226 valence electrons. The molecule has 9 aromatic rings. The second kappa shape index (κ2) is 11.7. The fourth-order valence-electron chi connectivity index (χ4n) is 6.93. The average Bonchev–Trinajstić information content (AvgIpc) is 3.49. The van der Waals surface area contributed by atoms with Crippen LogP contribution >= 0.6 is 0 Å². The number of hydrogen-bond donors (Lipinski definition) is 0. The second-order valence-corrected chi connectivity index (χ2v) is 12.1. The van der Waals surface area contributed by atoms with Crippen molar-refractivity contribution in [1.29, 1.82) is 0 Å². The molecule has 0 saturated heterocycles. The molecule has 0 bridgehead atoms. The Hall–Kier alpha value is -6.45. The van der Waals surface area contributed by atoms with Crippen molar-refractivity contribution in [3.63, 3.8) is 0 Å². The lowest BCUT2D eigenvalue weighted by Gasteiger charge is -2.25. The molecule has 48 heavy (non-hydrogen) atoms. The lowest BCUT2D eigenvalue weighted by molar-refractivity contribution is 1.18. The molecule has 0 radical (unpaired) electrons. The van der Waals surface area contributed by atoms with Gasteiger partial charge in [-0.1, -0.05) is 115 Å². The monoisotopic (exact) mass is 613 g/mol. The summed E-state index contributed by atoms with van der Waals surface area (Å²) in [7, 11) is 0. The van der Waals surface area contributed by atoms with E-state index in [1.807, 2.05) is 0 Å². The SMILES string of the molecule is c1ccc(-c2cc3ccccc3nc2-c2ccc3c4cc(N(c5ccccc5)c5ccccc5)ccc4n(-c4ccccc4)c3c2)cc1. The van der Waals surface area contributed by atoms with Gasteiger partial charge in [0.25, 0.3) is 0 Å². The Morgan fingerprint density at radius 1 is 0.417 bits per heavy atom. The maximum atomic E-state index is 5.27. The van der Waals surface area contributed by atoms with Crippen LogP contribution in [-0.2, 0) is 0 Å². The van der Waals surface area contributed by atoms with E-state index in [4.69, 9.17) is 4.98 Å². The van der Waals surface area contributed by atoms with Gasteiger partial charge in [-0.3, -0.25) is 0 Å². The van der Waals surface area contributed by atoms with E-state index in [0.717, 1.165) is 67.1 Å². The van der Waals surface area contributed by atoms with Gasteiger partial charge in [0.2, 0.25) is 0 Å². The van der Waals surface area contributed by atoms with E-state index in [2.05, 4.69) is 198 Å². The van der Waals surface area contributed by atoms with Crippen molar-refractivity contribution in [2.75, 3.05) is 4.90 Å². The molecule has 0 aliphatic carbocycles. The lowest BCUT2D eigenvalue weighted by Crippen LogP contribution is -2.09. The predicted octanol–water partition coefficient (Wildman–Crippen LogP) is 12.1. The Morgan fingerprint density at radius 3 is 1.75 bits per heavy atom. The van der Waals surface area contributed by atoms with Crippen LogP contribution in [0.3, 0.4) is 0 Å². The summed E-state index contributed by atoms with van der Waals surface area (Å²) >= 11 is 0. The molecule has 9 rings (SSSR count). The minimum absolute atomic E-state index is 0.978. The highest BCUT2D eigenvalue weighted by Crippen LogP contribution is 2.41. The van der Waals surface area contributed by atoms with E-state index in [1.54, 1.807) is 0 Å². The van der Waals surface area contributed by atoms with Crippen LogP contribution in [0.25, 0.3) is 60.8 Å². The Morgan fingerprint density at radius 2 is 1.04 bits per heavy atom. The van der Waals surface area contributed by atoms with Crippen molar-refractivity contribution in [2.24, 2.45) is 0 Å². The first kappa shape index (κ1) is 27.8. The maximum absolute atomic E-state index is 5.27. The molecule has 3 heteroatoms. The van der Waals surface area contributed by atoms with Gasteiger partial charge in [0.05, 0.1) is 22.2 Å². The van der Waals surface area contributed by atoms with Crippen molar-refractivity contribution in [3.05, 3.63) is 188 Å². The van der Waals surface area contributed by atoms with Crippen LogP contribution in [0.5, 0.6) is 0 Å². The molecule has 0 fully saturated rings. The molecule has 0 aliphatic rings. The van der Waals surface area contributed by atoms with Crippen LogP contribution < -0.4 is 4.90 Å². The number of pyridine rings is 1. The molecule has 2 aromatic heterocycles. The molecule has 0 aliphatic heterocycles. The summed E-state index contributed by atoms with van der Waals surface area (Å²) in [5.74, 6) is 0. The third-order valence-corrected chi connectivity index (χ3v) is 9.13. The quantitative estimate of drug-likeness (QED) is 0.186. The molecule has 0 saturated carbocycles. The number of rotatable bonds is 6. The van der Waals surface area contributed by atoms with Crippen molar-refractivity contribution in [3.8, 4) is 28.1 Å². The van der Waals surface area contributed by atoms with Gasteiger partial charge in [-0.15, -0.1) is 0 Å². The van der Waals surface area contributed by atoms with Crippen molar-refractivity contribution in [2.45, 2.75) is 0 Å². The van der Waals surface area contributed by atoms with Crippen LogP contribution in [0.2, 0.25) is 0 Å². The second-order valence-electron chi connectivity index (χ2n) is 12.1. The molecule has 2 heterocycles. The van der Waals surface area contributed by atoms with Crippen LogP contribution in [0, 0.1) is 0 Å². The summed E-state index contributed by atoms with van der Waals surface area (Å²) in [6, 6.07) is 66.7. The first-order chi connectivity index (χ1) is 23.8. The minimum atomic E-state index is 0.978. The van der Waals surface area contributed by atoms with Crippen LogP contribution in [0.4, 0.5) is 17.1 Å². The molecule has 0 unspecified atom stereocenters. The summed E-state index contributed by atoms with van der Waals surface area (Å²) < 4.78 is 2.39. The Labute approximate surface area is 279 Å². The number of para-hydroxylation sites is 4. The smallest absolute Gasteiger partial charge is 0.0788 e. The normalized spacial score (nSPS) is 11.3. The van der Waals surface area contributed by atoms with Crippen molar-refractivity contribution in [1.82, 2.24) is 9.55 Å². The summed E-state index contributed by atoms with van der Waals surface area (Å²) in [6.07, 6.45) is 0. The summed E-state index contributed by atoms with van der Waals surface area (Å²) in [5.41, 5.74) is 12.1. The first-order valence-electron chi connectivity index (χ1n) is 16.3. The van der Waals surface area contributed by atoms with Gasteiger partial charge in [-0.2, -0.15) is 0 Å². The van der Waals surface area contributed by atoms with E-state index in [0.29, 0.717) is 0 Å². The van der Waals surface area contributed by atoms with Crippen LogP contribution in [-0.4, -0.2) is 9.55 Å². The van der Waals surface area contributed by atoms with Gasteiger partial charge < -0.3 is 9.47 Å². The topological polar surface area (TPSA) is 21.1 Å². The Kier molecular flexibility index (Phi) is 6.80. The molecule has 0 spiro atoms. The molecular weight excluding hydrogens is 583 g/mol. The first-order valence-corrected chi connectivity index (χ1v) is 16.3. The highest BCUT2D eigenvalue weighted by Gasteiger charge is 2.19. The summed E-state index contributed by atoms with van der Waals surface area (Å²) in [6.45, 7) is 0. The van der Waals surface area contributed by atoms with E-state index in [1.165, 1.54) is 10.8 Å². The highest BCUT2D eigenvalue weighted by molar-refractivity contribution is 6.12. The van der Waals surface area contributed by atoms with Crippen LogP contribution in [0.15, 0.2) is 188 Å². The fraction of sp³-hybridized carbons (Fsp3) is 0. The average molecular weight is 614 g/mol. The van der Waals surface area contributed by atoms with E-state index in [9.17, 15) is 0 Å². The Balaban J connectivity index is 1.30. The third-order valence-electron chi connectivity index (χ3n) is 9.13. The van der Waals surface area contributed by atoms with Gasteiger partial charge in [-0.05, 0) is 78.4 Å². The lowest BCUT2D eigenvalue weighted by atomic mass is 9.96. The van der Waals surface area contributed by atoms with Crippen molar-refractivity contribution >= 4 is 49.8 Å². The van der Waals surface area contributed by atoms with Gasteiger partial charge in [-0.25, -0.2) is 4.98 Å². The predicted molar refractivity (Wildman–Crippen MR) is 202 cm³/mol. The van der Waals surface area contributed by atoms with Crippen molar-refractivity contribution < 1.29 is 0 Å². The largest absolute Gasteiger partial charge is 0.310 e. The third kappa shape index (κ3) is 4.81. The number of anilines is 3. The molecular formula is C45H31N3. The highest BCUT2D eigenvalue weighted by atomic mass is 15.1. The molecule has 0 N–H and O–H groups in total. The summed E-state index contributed by atoms with van der Waals surface area (Å²) in [5, 5.41) is 3.53. The summed E-state index contributed by atoms with van der Waals surface area (Å²) in [4.78, 5) is 7.60. The number of fused-ring (bicyclic) bond motifs is 4. The molecule has 0 atom stereocenters. The van der Waals surface area contributed by atoms with Gasteiger partial charge in [0, 0.05) is 50.0 Å². The minimum Gasteiger partial charge on any atom is -0.310 e. The molecule has 3 nitrogen and oxygen atoms in total. The van der Waals surface area contributed by atoms with E-state index in [-0.39, 0.29) is 0 Å². The number of hydrogen-bond acceptors (Lipinski definition) is 2. The molecule has 7 aromatic carbocycles. The van der Waals surface area contributed by atoms with Gasteiger partial charge in [0.1, 0.15) is 0 Å². The zero-order valence-corrected chi connectivity index (χ0v) is 26.2. The number of nitrogens with zero attached hydrogens (tertiary/aromatic N) is 3. The number of benzene rings is 7. The molecule has 0 amide bonds. The fourth-order valence-corrected chi connectivity index (χ4v) is 6.93. The van der Waals surface area contributed by atoms with E-state index < -0.39 is 0 Å². The van der Waals surface area contributed by atoms with Crippen LogP contribution in [0.1, 0.15) is 0 Å². The standard InChI is InChI=1S/C45H31N3/c1-5-15-32(16-6-1)40-29-33-17-13-14-24-42(33)46-45(40)34-25-27-39-41-31-38(47(35-18-7-2-8-19-35)36-20-9-3-10-21-36)26-28-43(41)48(44(39)30-34)37-22-11-4-12-23-37/h1-31H. The zero-order chi connectivity index (χ0) is 31.9. The maximum Gasteiger partial charge on any atom is 0.0788 e. The van der Waals surface area contributed by atoms with E-state index >= 15 is 0 Å². The van der Waals surface area contributed by atoms with Gasteiger partial charge in [0.15, 0.2) is 0 Å². The Bertz CT molecular complexity index is 2500.